The highest BCUT2D eigenvalue weighted by atomic mass is 32.1. The second-order valence-corrected chi connectivity index (χ2v) is 5.06. The lowest BCUT2D eigenvalue weighted by Crippen LogP contribution is -2.09. The Morgan fingerprint density at radius 3 is 2.61 bits per heavy atom. The number of nitrogens with two attached hydrogens (primary N) is 1. The summed E-state index contributed by atoms with van der Waals surface area (Å²) in [6, 6.07) is 9.68. The summed E-state index contributed by atoms with van der Waals surface area (Å²) in [5, 5.41) is 2.04. The molecular weight excluding hydrogens is 246 g/mol. The van der Waals surface area contributed by atoms with Crippen LogP contribution in [-0.4, -0.2) is 7.11 Å². The van der Waals surface area contributed by atoms with E-state index in [0.717, 1.165) is 17.1 Å². The van der Waals surface area contributed by atoms with Crippen molar-refractivity contribution in [3.63, 3.8) is 0 Å². The van der Waals surface area contributed by atoms with Gasteiger partial charge in [0.25, 0.3) is 0 Å². The van der Waals surface area contributed by atoms with Gasteiger partial charge in [-0.3, -0.25) is 0 Å². The van der Waals surface area contributed by atoms with E-state index < -0.39 is 0 Å². The van der Waals surface area contributed by atoms with E-state index in [1.54, 1.807) is 18.4 Å². The zero-order valence-electron chi connectivity index (χ0n) is 10.6. The Labute approximate surface area is 111 Å². The van der Waals surface area contributed by atoms with Gasteiger partial charge in [0.1, 0.15) is 18.1 Å². The molecule has 0 bridgehead atoms. The molecule has 1 aromatic carbocycles. The summed E-state index contributed by atoms with van der Waals surface area (Å²) in [6.45, 7) is 2.49. The number of methoxy groups -OCH3 is 1. The van der Waals surface area contributed by atoms with Crippen LogP contribution in [0.25, 0.3) is 0 Å². The topological polar surface area (TPSA) is 44.5 Å². The Bertz CT molecular complexity index is 495. The molecule has 0 saturated carbocycles. The van der Waals surface area contributed by atoms with Crippen LogP contribution < -0.4 is 15.2 Å². The van der Waals surface area contributed by atoms with Crippen LogP contribution in [0.3, 0.4) is 0 Å². The fraction of sp³-hybridized carbons (Fsp3) is 0.286. The molecule has 0 spiro atoms. The average Bonchev–Trinajstić information content (AvgIpc) is 2.88. The molecule has 1 aromatic heterocycles. The first kappa shape index (κ1) is 12.9. The van der Waals surface area contributed by atoms with Gasteiger partial charge in [-0.05, 0) is 30.5 Å². The third kappa shape index (κ3) is 2.83. The quantitative estimate of drug-likeness (QED) is 0.899. The second kappa shape index (κ2) is 5.89. The molecule has 2 aromatic rings. The van der Waals surface area contributed by atoms with Gasteiger partial charge in [0.05, 0.1) is 12.7 Å². The molecule has 0 aliphatic rings. The van der Waals surface area contributed by atoms with Crippen LogP contribution in [0.2, 0.25) is 0 Å². The molecule has 0 radical (unpaired) electrons. The van der Waals surface area contributed by atoms with Crippen molar-refractivity contribution in [2.45, 2.75) is 19.6 Å². The average molecular weight is 263 g/mol. The van der Waals surface area contributed by atoms with Crippen molar-refractivity contribution in [2.75, 3.05) is 7.11 Å². The van der Waals surface area contributed by atoms with Gasteiger partial charge >= 0.3 is 0 Å². The monoisotopic (exact) mass is 263 g/mol. The zero-order valence-corrected chi connectivity index (χ0v) is 11.4. The third-order valence-electron chi connectivity index (χ3n) is 2.65. The van der Waals surface area contributed by atoms with E-state index in [0.29, 0.717) is 6.61 Å². The van der Waals surface area contributed by atoms with Crippen molar-refractivity contribution >= 4 is 11.3 Å². The van der Waals surface area contributed by atoms with E-state index in [-0.39, 0.29) is 6.04 Å². The van der Waals surface area contributed by atoms with Gasteiger partial charge in [-0.1, -0.05) is 12.1 Å². The molecular formula is C14H17NO2S. The fourth-order valence-corrected chi connectivity index (χ4v) is 2.44. The maximum absolute atomic E-state index is 5.98. The predicted molar refractivity (Wildman–Crippen MR) is 74.2 cm³/mol. The number of hydrogen-bond acceptors (Lipinski definition) is 4. The first-order chi connectivity index (χ1) is 8.72. The summed E-state index contributed by atoms with van der Waals surface area (Å²) in [6.07, 6.45) is 0. The van der Waals surface area contributed by atoms with E-state index in [2.05, 4.69) is 6.07 Å². The van der Waals surface area contributed by atoms with E-state index in [4.69, 9.17) is 15.2 Å². The Morgan fingerprint density at radius 1 is 1.22 bits per heavy atom. The molecule has 4 heteroatoms. The van der Waals surface area contributed by atoms with Gasteiger partial charge in [0.2, 0.25) is 0 Å². The first-order valence-corrected chi connectivity index (χ1v) is 6.68. The van der Waals surface area contributed by atoms with Crippen LogP contribution in [0, 0.1) is 0 Å². The number of hydrogen-bond donors (Lipinski definition) is 1. The zero-order chi connectivity index (χ0) is 13.0. The fourth-order valence-electron chi connectivity index (χ4n) is 1.82. The lowest BCUT2D eigenvalue weighted by molar-refractivity contribution is 0.301. The van der Waals surface area contributed by atoms with Crippen molar-refractivity contribution in [1.82, 2.24) is 0 Å². The standard InChI is InChI=1S/C14H17NO2S/c1-10(15)14-12(16-2)6-3-7-13(14)17-9-11-5-4-8-18-11/h3-8,10H,9,15H2,1-2H3/t10-/m0/s1. The SMILES string of the molecule is COc1cccc(OCc2cccs2)c1[C@H](C)N. The van der Waals surface area contributed by atoms with Gasteiger partial charge in [0.15, 0.2) is 0 Å². The van der Waals surface area contributed by atoms with Crippen molar-refractivity contribution in [3.8, 4) is 11.5 Å². The van der Waals surface area contributed by atoms with E-state index in [1.807, 2.05) is 36.6 Å². The molecule has 3 nitrogen and oxygen atoms in total. The summed E-state index contributed by atoms with van der Waals surface area (Å²) < 4.78 is 11.2. The molecule has 0 aliphatic carbocycles. The molecule has 1 heterocycles. The van der Waals surface area contributed by atoms with Crippen molar-refractivity contribution in [3.05, 3.63) is 46.2 Å². The minimum Gasteiger partial charge on any atom is -0.496 e. The van der Waals surface area contributed by atoms with E-state index in [9.17, 15) is 0 Å². The lowest BCUT2D eigenvalue weighted by Gasteiger charge is -2.16. The Balaban J connectivity index is 2.21. The smallest absolute Gasteiger partial charge is 0.128 e. The number of thiophene rings is 1. The van der Waals surface area contributed by atoms with Crippen LogP contribution in [0.5, 0.6) is 11.5 Å². The Morgan fingerprint density at radius 2 is 2.00 bits per heavy atom. The number of benzene rings is 1. The minimum atomic E-state index is -0.125. The molecule has 96 valence electrons. The van der Waals surface area contributed by atoms with Crippen molar-refractivity contribution in [1.29, 1.82) is 0 Å². The number of rotatable bonds is 5. The Hall–Kier alpha value is -1.52. The summed E-state index contributed by atoms with van der Waals surface area (Å²) in [7, 11) is 1.64. The Kier molecular flexibility index (Phi) is 4.23. The summed E-state index contributed by atoms with van der Waals surface area (Å²) in [5.74, 6) is 1.56. The van der Waals surface area contributed by atoms with Gasteiger partial charge in [0, 0.05) is 10.9 Å². The van der Waals surface area contributed by atoms with Gasteiger partial charge in [-0.2, -0.15) is 0 Å². The highest BCUT2D eigenvalue weighted by molar-refractivity contribution is 7.09. The van der Waals surface area contributed by atoms with Gasteiger partial charge in [-0.25, -0.2) is 0 Å². The summed E-state index contributed by atoms with van der Waals surface area (Å²) >= 11 is 1.68. The second-order valence-electron chi connectivity index (χ2n) is 4.03. The van der Waals surface area contributed by atoms with Crippen molar-refractivity contribution in [2.24, 2.45) is 5.73 Å². The minimum absolute atomic E-state index is 0.125. The van der Waals surface area contributed by atoms with Crippen molar-refractivity contribution < 1.29 is 9.47 Å². The van der Waals surface area contributed by atoms with E-state index >= 15 is 0 Å². The third-order valence-corrected chi connectivity index (χ3v) is 3.50. The molecule has 0 fully saturated rings. The summed E-state index contributed by atoms with van der Waals surface area (Å²) in [5.41, 5.74) is 6.90. The molecule has 0 amide bonds. The lowest BCUT2D eigenvalue weighted by atomic mass is 10.1. The largest absolute Gasteiger partial charge is 0.496 e. The van der Waals surface area contributed by atoms with Crippen LogP contribution in [0.15, 0.2) is 35.7 Å². The maximum atomic E-state index is 5.98. The molecule has 2 rings (SSSR count). The molecule has 2 N–H and O–H groups in total. The maximum Gasteiger partial charge on any atom is 0.128 e. The van der Waals surface area contributed by atoms with Gasteiger partial charge in [-0.15, -0.1) is 11.3 Å². The van der Waals surface area contributed by atoms with Crippen LogP contribution in [-0.2, 0) is 6.61 Å². The van der Waals surface area contributed by atoms with Crippen LogP contribution in [0.1, 0.15) is 23.4 Å². The highest BCUT2D eigenvalue weighted by Crippen LogP contribution is 2.33. The molecule has 18 heavy (non-hydrogen) atoms. The molecule has 1 atom stereocenters. The van der Waals surface area contributed by atoms with Gasteiger partial charge < -0.3 is 15.2 Å². The van der Waals surface area contributed by atoms with Crippen LogP contribution >= 0.6 is 11.3 Å². The normalized spacial score (nSPS) is 12.2. The summed E-state index contributed by atoms with van der Waals surface area (Å²) in [4.78, 5) is 1.19. The predicted octanol–water partition coefficient (Wildman–Crippen LogP) is 3.36. The first-order valence-electron chi connectivity index (χ1n) is 5.80. The highest BCUT2D eigenvalue weighted by Gasteiger charge is 2.14. The number of ether oxygens (including phenoxy) is 2. The van der Waals surface area contributed by atoms with Crippen LogP contribution in [0.4, 0.5) is 0 Å². The van der Waals surface area contributed by atoms with E-state index in [1.165, 1.54) is 4.88 Å². The molecule has 0 unspecified atom stereocenters. The molecule has 0 saturated heterocycles. The molecule has 0 aliphatic heterocycles.